The van der Waals surface area contributed by atoms with Crippen LogP contribution < -0.4 is 5.32 Å². The first-order chi connectivity index (χ1) is 15.4. The maximum atomic E-state index is 14.0. The van der Waals surface area contributed by atoms with Gasteiger partial charge in [0.05, 0.1) is 6.04 Å². The fourth-order valence-corrected chi connectivity index (χ4v) is 4.61. The molecule has 0 unspecified atom stereocenters. The predicted molar refractivity (Wildman–Crippen MR) is 131 cm³/mol. The van der Waals surface area contributed by atoms with Crippen molar-refractivity contribution in [3.63, 3.8) is 0 Å². The highest BCUT2D eigenvalue weighted by atomic mass is 16.3. The van der Waals surface area contributed by atoms with Crippen LogP contribution in [0.25, 0.3) is 0 Å². The Bertz CT molecular complexity index is 1020. The molecule has 2 aromatic carbocycles. The third kappa shape index (κ3) is 5.74. The number of hydrogen-bond acceptors (Lipinski definition) is 4. The molecule has 33 heavy (non-hydrogen) atoms. The van der Waals surface area contributed by atoms with E-state index in [9.17, 15) is 14.7 Å². The third-order valence-corrected chi connectivity index (χ3v) is 6.32. The molecule has 1 heterocycles. The highest BCUT2D eigenvalue weighted by Crippen LogP contribution is 2.28. The number of aromatic hydroxyl groups is 1. The Morgan fingerprint density at radius 3 is 2.24 bits per heavy atom. The van der Waals surface area contributed by atoms with E-state index in [-0.39, 0.29) is 23.1 Å². The Labute approximate surface area is 197 Å². The largest absolute Gasteiger partial charge is 0.508 e. The molecule has 0 aliphatic carbocycles. The van der Waals surface area contributed by atoms with Crippen molar-refractivity contribution >= 4 is 11.8 Å². The first-order valence-electron chi connectivity index (χ1n) is 11.5. The van der Waals surface area contributed by atoms with Gasteiger partial charge in [-0.3, -0.25) is 14.5 Å². The number of carbonyl (C=O) groups excluding carboxylic acids is 2. The molecule has 1 aliphatic rings. The fraction of sp³-hybridized carbons (Fsp3) is 0.481. The van der Waals surface area contributed by atoms with Crippen molar-refractivity contribution in [3.05, 3.63) is 64.2 Å². The van der Waals surface area contributed by atoms with Crippen molar-refractivity contribution in [2.75, 3.05) is 14.1 Å². The number of phenolic OH excluding ortho intramolecular Hbond substituents is 1. The van der Waals surface area contributed by atoms with Gasteiger partial charge in [0.2, 0.25) is 11.8 Å². The van der Waals surface area contributed by atoms with Gasteiger partial charge in [-0.1, -0.05) is 24.3 Å². The van der Waals surface area contributed by atoms with E-state index in [0.717, 1.165) is 27.8 Å². The van der Waals surface area contributed by atoms with Gasteiger partial charge >= 0.3 is 0 Å². The number of hydrogen-bond donors (Lipinski definition) is 2. The highest BCUT2D eigenvalue weighted by molar-refractivity contribution is 5.91. The van der Waals surface area contributed by atoms with E-state index >= 15 is 0 Å². The molecule has 1 aliphatic heterocycles. The van der Waals surface area contributed by atoms with E-state index in [4.69, 9.17) is 0 Å². The van der Waals surface area contributed by atoms with Crippen LogP contribution in [-0.2, 0) is 29.0 Å². The Morgan fingerprint density at radius 2 is 1.70 bits per heavy atom. The van der Waals surface area contributed by atoms with Gasteiger partial charge in [-0.05, 0) is 95.1 Å². The molecule has 6 nitrogen and oxygen atoms in total. The summed E-state index contributed by atoms with van der Waals surface area (Å²) in [6.07, 6.45) is 1.01. The zero-order valence-electron chi connectivity index (χ0n) is 20.9. The number of nitrogens with zero attached hydrogens (tertiary/aromatic N) is 2. The Hall–Kier alpha value is -2.86. The summed E-state index contributed by atoms with van der Waals surface area (Å²) in [6.45, 7) is 10.2. The molecule has 0 spiro atoms. The van der Waals surface area contributed by atoms with Crippen LogP contribution in [0, 0.1) is 13.8 Å². The van der Waals surface area contributed by atoms with Gasteiger partial charge in [0.1, 0.15) is 11.8 Å². The van der Waals surface area contributed by atoms with Gasteiger partial charge in [0.25, 0.3) is 0 Å². The molecule has 6 heteroatoms. The number of amides is 2. The highest BCUT2D eigenvalue weighted by Gasteiger charge is 2.39. The minimum Gasteiger partial charge on any atom is -0.508 e. The van der Waals surface area contributed by atoms with Crippen molar-refractivity contribution in [3.8, 4) is 5.75 Å². The molecule has 2 aromatic rings. The Balaban J connectivity index is 1.96. The lowest BCUT2D eigenvalue weighted by atomic mass is 9.90. The van der Waals surface area contributed by atoms with E-state index < -0.39 is 12.1 Å². The number of carbonyl (C=O) groups is 2. The molecule has 0 saturated carbocycles. The molecule has 0 aromatic heterocycles. The minimum atomic E-state index is -0.559. The maximum Gasteiger partial charge on any atom is 0.243 e. The fourth-order valence-electron chi connectivity index (χ4n) is 4.61. The topological polar surface area (TPSA) is 72.9 Å². The summed E-state index contributed by atoms with van der Waals surface area (Å²) in [5.74, 6) is 0.0447. The zero-order valence-corrected chi connectivity index (χ0v) is 20.9. The molecule has 0 fully saturated rings. The number of phenols is 1. The second-order valence-electron chi connectivity index (χ2n) is 10.4. The van der Waals surface area contributed by atoms with Gasteiger partial charge in [-0.15, -0.1) is 0 Å². The average Bonchev–Trinajstić information content (AvgIpc) is 2.70. The minimum absolute atomic E-state index is 0.0598. The van der Waals surface area contributed by atoms with E-state index in [1.807, 2.05) is 77.9 Å². The first-order valence-corrected chi connectivity index (χ1v) is 11.5. The standard InChI is InChI=1S/C27H37N3O3/c1-17-12-21(31)13-18(2)22(17)15-24(29(6)7)26(33)30-16-20-11-9-8-10-19(20)14-23(30)25(32)28-27(3,4)5/h8-13,23-24,31H,14-16H2,1-7H3,(H,28,32)/t23-,24-/m0/s1. The summed E-state index contributed by atoms with van der Waals surface area (Å²) in [5.41, 5.74) is 4.77. The molecule has 0 radical (unpaired) electrons. The van der Waals surface area contributed by atoms with E-state index in [1.165, 1.54) is 0 Å². The normalized spacial score (nSPS) is 17.0. The lowest BCUT2D eigenvalue weighted by Gasteiger charge is -2.40. The SMILES string of the molecule is Cc1cc(O)cc(C)c1C[C@@H](C(=O)N1Cc2ccccc2C[C@H]1C(=O)NC(C)(C)C)N(C)C. The monoisotopic (exact) mass is 451 g/mol. The van der Waals surface area contributed by atoms with Crippen molar-refractivity contribution in [2.24, 2.45) is 0 Å². The molecular formula is C27H37N3O3. The molecule has 2 N–H and O–H groups in total. The summed E-state index contributed by atoms with van der Waals surface area (Å²) in [6, 6.07) is 10.5. The van der Waals surface area contributed by atoms with Crippen LogP contribution in [0.15, 0.2) is 36.4 Å². The van der Waals surface area contributed by atoms with Gasteiger partial charge in [0.15, 0.2) is 0 Å². The van der Waals surface area contributed by atoms with Crippen LogP contribution in [0.4, 0.5) is 0 Å². The van der Waals surface area contributed by atoms with Crippen LogP contribution in [0.1, 0.15) is 48.6 Å². The Morgan fingerprint density at radius 1 is 1.12 bits per heavy atom. The van der Waals surface area contributed by atoms with Crippen molar-refractivity contribution < 1.29 is 14.7 Å². The van der Waals surface area contributed by atoms with E-state index in [2.05, 4.69) is 5.32 Å². The predicted octanol–water partition coefficient (Wildman–Crippen LogP) is 3.35. The summed E-state index contributed by atoms with van der Waals surface area (Å²) in [4.78, 5) is 30.9. The molecule has 0 bridgehead atoms. The van der Waals surface area contributed by atoms with Crippen LogP contribution in [0.5, 0.6) is 5.75 Å². The molecule has 3 rings (SSSR count). The van der Waals surface area contributed by atoms with E-state index in [0.29, 0.717) is 19.4 Å². The molecule has 0 saturated heterocycles. The van der Waals surface area contributed by atoms with Gasteiger partial charge in [-0.2, -0.15) is 0 Å². The third-order valence-electron chi connectivity index (χ3n) is 6.32. The summed E-state index contributed by atoms with van der Waals surface area (Å²) < 4.78 is 0. The number of likely N-dealkylation sites (N-methyl/N-ethyl adjacent to an activating group) is 1. The molecule has 2 amide bonds. The lowest BCUT2D eigenvalue weighted by molar-refractivity contribution is -0.146. The number of benzene rings is 2. The second-order valence-corrected chi connectivity index (χ2v) is 10.4. The second kappa shape index (κ2) is 9.56. The molecule has 178 valence electrons. The maximum absolute atomic E-state index is 14.0. The van der Waals surface area contributed by atoms with Crippen LogP contribution in [0.3, 0.4) is 0 Å². The quantitative estimate of drug-likeness (QED) is 0.731. The lowest BCUT2D eigenvalue weighted by Crippen LogP contribution is -2.59. The van der Waals surface area contributed by atoms with Crippen molar-refractivity contribution in [2.45, 2.75) is 71.6 Å². The smallest absolute Gasteiger partial charge is 0.243 e. The zero-order chi connectivity index (χ0) is 24.5. The number of aryl methyl sites for hydroxylation is 2. The molecular weight excluding hydrogens is 414 g/mol. The number of rotatable bonds is 5. The number of fused-ring (bicyclic) bond motifs is 1. The summed E-state index contributed by atoms with van der Waals surface area (Å²) in [7, 11) is 3.80. The van der Waals surface area contributed by atoms with E-state index in [1.54, 1.807) is 17.0 Å². The van der Waals surface area contributed by atoms with Gasteiger partial charge in [-0.25, -0.2) is 0 Å². The Kier molecular flexibility index (Phi) is 7.17. The van der Waals surface area contributed by atoms with Crippen molar-refractivity contribution in [1.82, 2.24) is 15.1 Å². The van der Waals surface area contributed by atoms with Crippen LogP contribution >= 0.6 is 0 Å². The van der Waals surface area contributed by atoms with Crippen LogP contribution in [-0.4, -0.2) is 58.4 Å². The van der Waals surface area contributed by atoms with Crippen LogP contribution in [0.2, 0.25) is 0 Å². The molecule has 2 atom stereocenters. The first kappa shape index (κ1) is 24.8. The number of nitrogens with one attached hydrogen (secondary N) is 1. The van der Waals surface area contributed by atoms with Gasteiger partial charge < -0.3 is 15.3 Å². The van der Waals surface area contributed by atoms with Gasteiger partial charge in [0, 0.05) is 18.5 Å². The van der Waals surface area contributed by atoms with Crippen molar-refractivity contribution in [1.29, 1.82) is 0 Å². The average molecular weight is 452 g/mol. The summed E-state index contributed by atoms with van der Waals surface area (Å²) in [5, 5.41) is 13.0. The summed E-state index contributed by atoms with van der Waals surface area (Å²) >= 11 is 0.